The Morgan fingerprint density at radius 2 is 2.25 bits per heavy atom. The molecule has 0 radical (unpaired) electrons. The molecule has 3 nitrogen and oxygen atoms in total. The van der Waals surface area contributed by atoms with Crippen LogP contribution in [0.2, 0.25) is 0 Å². The molecule has 0 spiro atoms. The van der Waals surface area contributed by atoms with Crippen molar-refractivity contribution in [3.8, 4) is 0 Å². The molecule has 6 heteroatoms. The van der Waals surface area contributed by atoms with Gasteiger partial charge in [0, 0.05) is 19.1 Å². The van der Waals surface area contributed by atoms with Gasteiger partial charge in [-0.05, 0) is 73.2 Å². The normalized spacial score (nSPS) is 16.8. The molecule has 0 bridgehead atoms. The van der Waals surface area contributed by atoms with Gasteiger partial charge in [0.2, 0.25) is 0 Å². The van der Waals surface area contributed by atoms with E-state index < -0.39 is 0 Å². The summed E-state index contributed by atoms with van der Waals surface area (Å²) in [5, 5.41) is 4.33. The Morgan fingerprint density at radius 1 is 1.45 bits per heavy atom. The Balaban J connectivity index is 1.84. The van der Waals surface area contributed by atoms with E-state index in [0.29, 0.717) is 12.6 Å². The Kier molecular flexibility index (Phi) is 4.67. The zero-order valence-corrected chi connectivity index (χ0v) is 14.9. The van der Waals surface area contributed by atoms with Crippen LogP contribution in [0.4, 0.5) is 0 Å². The van der Waals surface area contributed by atoms with Crippen LogP contribution in [0.15, 0.2) is 36.5 Å². The Labute approximate surface area is 139 Å². The van der Waals surface area contributed by atoms with E-state index in [1.165, 1.54) is 18.4 Å². The number of hydrogen-bond acceptors (Lipinski definition) is 4. The predicted molar refractivity (Wildman–Crippen MR) is 88.8 cm³/mol. The van der Waals surface area contributed by atoms with Gasteiger partial charge >= 0.3 is 0 Å². The molecule has 1 aliphatic rings. The van der Waals surface area contributed by atoms with E-state index in [1.54, 1.807) is 11.3 Å². The van der Waals surface area contributed by atoms with Gasteiger partial charge in [-0.1, -0.05) is 0 Å². The molecule has 0 saturated heterocycles. The van der Waals surface area contributed by atoms with E-state index in [9.17, 15) is 0 Å². The summed E-state index contributed by atoms with van der Waals surface area (Å²) < 4.78 is 7.47. The van der Waals surface area contributed by atoms with Crippen molar-refractivity contribution >= 4 is 43.2 Å². The molecule has 0 aliphatic heterocycles. The van der Waals surface area contributed by atoms with E-state index in [-0.39, 0.29) is 6.04 Å². The summed E-state index contributed by atoms with van der Waals surface area (Å²) in [4.78, 5) is 2.47. The molecule has 2 heterocycles. The number of rotatable bonds is 6. The lowest BCUT2D eigenvalue weighted by molar-refractivity contribution is 0.160. The number of nitrogens with zero attached hydrogens (tertiary/aromatic N) is 1. The first-order valence-corrected chi connectivity index (χ1v) is 9.13. The van der Waals surface area contributed by atoms with Gasteiger partial charge in [-0.2, -0.15) is 11.3 Å². The standard InChI is InChI=1S/C14H16Br2N2OS/c15-11-5-13(19-14(11)16)12(6-17)18(10-1-2-10)7-9-3-4-20-8-9/h3-5,8,10,12H,1-2,6-7,17H2. The molecule has 1 unspecified atom stereocenters. The third kappa shape index (κ3) is 3.20. The van der Waals surface area contributed by atoms with Crippen molar-refractivity contribution in [3.05, 3.63) is 43.4 Å². The second-order valence-electron chi connectivity index (χ2n) is 5.06. The highest BCUT2D eigenvalue weighted by Crippen LogP contribution is 2.38. The van der Waals surface area contributed by atoms with E-state index in [1.807, 2.05) is 6.07 Å². The van der Waals surface area contributed by atoms with Crippen LogP contribution in [0.3, 0.4) is 0 Å². The van der Waals surface area contributed by atoms with Crippen LogP contribution in [0, 0.1) is 0 Å². The van der Waals surface area contributed by atoms with Gasteiger partial charge < -0.3 is 10.2 Å². The maximum atomic E-state index is 6.03. The smallest absolute Gasteiger partial charge is 0.183 e. The van der Waals surface area contributed by atoms with Crippen LogP contribution in [0.1, 0.15) is 30.2 Å². The second kappa shape index (κ2) is 6.32. The van der Waals surface area contributed by atoms with E-state index in [4.69, 9.17) is 10.2 Å². The average Bonchev–Trinajstić information content (AvgIpc) is 3.05. The van der Waals surface area contributed by atoms with Gasteiger partial charge in [0.05, 0.1) is 10.5 Å². The van der Waals surface area contributed by atoms with Gasteiger partial charge in [-0.25, -0.2) is 0 Å². The lowest BCUT2D eigenvalue weighted by Gasteiger charge is -2.29. The van der Waals surface area contributed by atoms with Crippen molar-refractivity contribution < 1.29 is 4.42 Å². The van der Waals surface area contributed by atoms with Crippen LogP contribution in [-0.4, -0.2) is 17.5 Å². The molecule has 1 fully saturated rings. The van der Waals surface area contributed by atoms with Crippen molar-refractivity contribution in [2.45, 2.75) is 31.5 Å². The zero-order chi connectivity index (χ0) is 14.1. The fourth-order valence-electron chi connectivity index (χ4n) is 2.44. The van der Waals surface area contributed by atoms with Crippen LogP contribution < -0.4 is 5.73 Å². The monoisotopic (exact) mass is 418 g/mol. The van der Waals surface area contributed by atoms with Gasteiger partial charge in [0.25, 0.3) is 0 Å². The van der Waals surface area contributed by atoms with Crippen LogP contribution >= 0.6 is 43.2 Å². The van der Waals surface area contributed by atoms with Crippen molar-refractivity contribution in [3.63, 3.8) is 0 Å². The lowest BCUT2D eigenvalue weighted by Crippen LogP contribution is -2.34. The van der Waals surface area contributed by atoms with Gasteiger partial charge in [0.1, 0.15) is 5.76 Å². The average molecular weight is 420 g/mol. The van der Waals surface area contributed by atoms with E-state index in [2.05, 4.69) is 53.6 Å². The van der Waals surface area contributed by atoms with Crippen molar-refractivity contribution in [2.24, 2.45) is 5.73 Å². The van der Waals surface area contributed by atoms with Gasteiger partial charge in [0.15, 0.2) is 4.67 Å². The van der Waals surface area contributed by atoms with E-state index in [0.717, 1.165) is 21.4 Å². The summed E-state index contributed by atoms with van der Waals surface area (Å²) in [6, 6.07) is 4.96. The minimum absolute atomic E-state index is 0.130. The largest absolute Gasteiger partial charge is 0.451 e. The molecule has 0 aromatic carbocycles. The summed E-state index contributed by atoms with van der Waals surface area (Å²) in [6.07, 6.45) is 2.51. The first-order valence-electron chi connectivity index (χ1n) is 6.60. The summed E-state index contributed by atoms with van der Waals surface area (Å²) in [7, 11) is 0. The second-order valence-corrected chi connectivity index (χ2v) is 7.41. The molecule has 1 saturated carbocycles. The Bertz CT molecular complexity index is 546. The molecule has 3 rings (SSSR count). The molecule has 20 heavy (non-hydrogen) atoms. The number of halogens is 2. The Hall–Kier alpha value is -0.140. The highest BCUT2D eigenvalue weighted by Gasteiger charge is 2.35. The SMILES string of the molecule is NCC(c1cc(Br)c(Br)o1)N(Cc1ccsc1)C1CC1. The third-order valence-corrected chi connectivity index (χ3v) is 6.02. The fourth-order valence-corrected chi connectivity index (χ4v) is 3.70. The van der Waals surface area contributed by atoms with Gasteiger partial charge in [-0.15, -0.1) is 0 Å². The molecule has 0 amide bonds. The minimum atomic E-state index is 0.130. The number of furan rings is 1. The minimum Gasteiger partial charge on any atom is -0.451 e. The number of hydrogen-bond donors (Lipinski definition) is 1. The quantitative estimate of drug-likeness (QED) is 0.747. The highest BCUT2D eigenvalue weighted by atomic mass is 79.9. The van der Waals surface area contributed by atoms with E-state index >= 15 is 0 Å². The molecule has 1 aliphatic carbocycles. The summed E-state index contributed by atoms with van der Waals surface area (Å²) >= 11 is 8.62. The molecule has 1 atom stereocenters. The molecule has 108 valence electrons. The molecule has 2 aromatic heterocycles. The molecular formula is C14H16Br2N2OS. The van der Waals surface area contributed by atoms with Crippen molar-refractivity contribution in [2.75, 3.05) is 6.54 Å². The highest BCUT2D eigenvalue weighted by molar-refractivity contribution is 9.13. The maximum Gasteiger partial charge on any atom is 0.183 e. The van der Waals surface area contributed by atoms with Crippen LogP contribution in [0.25, 0.3) is 0 Å². The number of nitrogens with two attached hydrogens (primary N) is 1. The molecule has 2 N–H and O–H groups in total. The molecule has 2 aromatic rings. The van der Waals surface area contributed by atoms with Crippen molar-refractivity contribution in [1.82, 2.24) is 4.90 Å². The first-order chi connectivity index (χ1) is 9.69. The topological polar surface area (TPSA) is 42.4 Å². The number of thiophene rings is 1. The fraction of sp³-hybridized carbons (Fsp3) is 0.429. The zero-order valence-electron chi connectivity index (χ0n) is 10.9. The van der Waals surface area contributed by atoms with Gasteiger partial charge in [-0.3, -0.25) is 4.90 Å². The summed E-state index contributed by atoms with van der Waals surface area (Å²) in [5.74, 6) is 0.924. The van der Waals surface area contributed by atoms with Crippen molar-refractivity contribution in [1.29, 1.82) is 0 Å². The lowest BCUT2D eigenvalue weighted by atomic mass is 10.1. The third-order valence-electron chi connectivity index (χ3n) is 3.58. The predicted octanol–water partition coefficient (Wildman–Crippen LogP) is 4.53. The summed E-state index contributed by atoms with van der Waals surface area (Å²) in [5.41, 5.74) is 7.38. The Morgan fingerprint density at radius 3 is 2.75 bits per heavy atom. The summed E-state index contributed by atoms with van der Waals surface area (Å²) in [6.45, 7) is 1.50. The van der Waals surface area contributed by atoms with Crippen LogP contribution in [-0.2, 0) is 6.54 Å². The molecular weight excluding hydrogens is 404 g/mol. The first kappa shape index (κ1) is 14.8. The van der Waals surface area contributed by atoms with Crippen LogP contribution in [0.5, 0.6) is 0 Å². The maximum absolute atomic E-state index is 6.03.